The molecule has 6 nitrogen and oxygen atoms in total. The van der Waals surface area contributed by atoms with E-state index in [1.54, 1.807) is 17.9 Å². The van der Waals surface area contributed by atoms with E-state index in [2.05, 4.69) is 4.72 Å². The number of nitrogens with zero attached hydrogens (tertiary/aromatic N) is 1. The van der Waals surface area contributed by atoms with E-state index in [-0.39, 0.29) is 16.9 Å². The first-order valence-electron chi connectivity index (χ1n) is 6.80. The Hall–Kier alpha value is -1.44. The molecule has 0 bridgehead atoms. The number of nitrogens with one attached hydrogen (secondary N) is 1. The van der Waals surface area contributed by atoms with Crippen molar-refractivity contribution in [2.75, 3.05) is 26.7 Å². The van der Waals surface area contributed by atoms with Crippen molar-refractivity contribution in [3.63, 3.8) is 0 Å². The van der Waals surface area contributed by atoms with Crippen molar-refractivity contribution in [1.29, 1.82) is 0 Å². The molecule has 1 atom stereocenters. The molecule has 1 aromatic rings. The van der Waals surface area contributed by atoms with Gasteiger partial charge in [-0.15, -0.1) is 0 Å². The molecule has 116 valence electrons. The molecule has 21 heavy (non-hydrogen) atoms. The SMILES string of the molecule is CNS(=O)(=O)c1ccc(C)c(C(=O)N2CCO[C@H](C)C2)c1. The zero-order valence-corrected chi connectivity index (χ0v) is 13.2. The molecule has 0 unspecified atom stereocenters. The summed E-state index contributed by atoms with van der Waals surface area (Å²) < 4.78 is 31.4. The fourth-order valence-corrected chi connectivity index (χ4v) is 3.05. The standard InChI is InChI=1S/C14H20N2O4S/c1-10-4-5-12(21(18,19)15-3)8-13(10)14(17)16-6-7-20-11(2)9-16/h4-5,8,11,15H,6-7,9H2,1-3H3/t11-/m1/s1. The molecule has 0 aliphatic carbocycles. The summed E-state index contributed by atoms with van der Waals surface area (Å²) in [5, 5.41) is 0. The van der Waals surface area contributed by atoms with Gasteiger partial charge < -0.3 is 9.64 Å². The minimum atomic E-state index is -3.56. The minimum absolute atomic E-state index is 0.00719. The van der Waals surface area contributed by atoms with Crippen molar-refractivity contribution in [3.05, 3.63) is 29.3 Å². The third-order valence-electron chi connectivity index (χ3n) is 3.55. The van der Waals surface area contributed by atoms with Crippen LogP contribution in [0.3, 0.4) is 0 Å². The van der Waals surface area contributed by atoms with E-state index >= 15 is 0 Å². The highest BCUT2D eigenvalue weighted by molar-refractivity contribution is 7.89. The zero-order chi connectivity index (χ0) is 15.6. The van der Waals surface area contributed by atoms with Gasteiger partial charge in [-0.05, 0) is 38.6 Å². The molecular weight excluding hydrogens is 292 g/mol. The molecule has 0 aromatic heterocycles. The van der Waals surface area contributed by atoms with E-state index in [1.165, 1.54) is 19.2 Å². The Balaban J connectivity index is 2.34. The lowest BCUT2D eigenvalue weighted by atomic mass is 10.1. The molecule has 0 saturated carbocycles. The molecule has 1 amide bonds. The summed E-state index contributed by atoms with van der Waals surface area (Å²) in [7, 11) is -2.21. The van der Waals surface area contributed by atoms with Gasteiger partial charge in [0.05, 0.1) is 17.6 Å². The number of benzene rings is 1. The van der Waals surface area contributed by atoms with Gasteiger partial charge in [-0.3, -0.25) is 4.79 Å². The Labute approximate surface area is 125 Å². The second-order valence-corrected chi connectivity index (χ2v) is 7.00. The molecule has 1 fully saturated rings. The Morgan fingerprint density at radius 1 is 1.43 bits per heavy atom. The fourth-order valence-electron chi connectivity index (χ4n) is 2.29. The van der Waals surface area contributed by atoms with Gasteiger partial charge in [0.15, 0.2) is 0 Å². The van der Waals surface area contributed by atoms with Gasteiger partial charge in [-0.2, -0.15) is 0 Å². The highest BCUT2D eigenvalue weighted by Gasteiger charge is 2.24. The maximum absolute atomic E-state index is 12.6. The molecule has 2 rings (SSSR count). The number of amides is 1. The first kappa shape index (κ1) is 15.9. The molecule has 0 radical (unpaired) electrons. The van der Waals surface area contributed by atoms with Gasteiger partial charge in [-0.1, -0.05) is 6.07 Å². The average Bonchev–Trinajstić information content (AvgIpc) is 2.47. The van der Waals surface area contributed by atoms with Crippen molar-refractivity contribution in [2.24, 2.45) is 0 Å². The second kappa shape index (κ2) is 6.13. The summed E-state index contributed by atoms with van der Waals surface area (Å²) in [6.07, 6.45) is -0.00719. The predicted molar refractivity (Wildman–Crippen MR) is 78.7 cm³/mol. The van der Waals surface area contributed by atoms with Crippen molar-refractivity contribution in [3.8, 4) is 0 Å². The summed E-state index contributed by atoms with van der Waals surface area (Å²) >= 11 is 0. The van der Waals surface area contributed by atoms with Gasteiger partial charge in [-0.25, -0.2) is 13.1 Å². The maximum atomic E-state index is 12.6. The van der Waals surface area contributed by atoms with E-state index in [0.717, 1.165) is 5.56 Å². The number of hydrogen-bond donors (Lipinski definition) is 1. The fraction of sp³-hybridized carbons (Fsp3) is 0.500. The molecule has 1 aliphatic rings. The summed E-state index contributed by atoms with van der Waals surface area (Å²) in [5.41, 5.74) is 1.18. The number of ether oxygens (including phenoxy) is 1. The van der Waals surface area contributed by atoms with Crippen LogP contribution in [-0.2, 0) is 14.8 Å². The van der Waals surface area contributed by atoms with Gasteiger partial charge in [0, 0.05) is 18.7 Å². The zero-order valence-electron chi connectivity index (χ0n) is 12.4. The summed E-state index contributed by atoms with van der Waals surface area (Å²) in [4.78, 5) is 14.4. The van der Waals surface area contributed by atoms with Gasteiger partial charge in [0.2, 0.25) is 10.0 Å². The number of sulfonamides is 1. The van der Waals surface area contributed by atoms with Crippen molar-refractivity contribution < 1.29 is 17.9 Å². The minimum Gasteiger partial charge on any atom is -0.375 e. The average molecular weight is 312 g/mol. The lowest BCUT2D eigenvalue weighted by Gasteiger charge is -2.31. The highest BCUT2D eigenvalue weighted by atomic mass is 32.2. The van der Waals surface area contributed by atoms with Crippen LogP contribution in [0.4, 0.5) is 0 Å². The summed E-state index contributed by atoms with van der Waals surface area (Å²) in [6.45, 7) is 5.24. The summed E-state index contributed by atoms with van der Waals surface area (Å²) in [6, 6.07) is 4.59. The molecule has 1 N–H and O–H groups in total. The monoisotopic (exact) mass is 312 g/mol. The third kappa shape index (κ3) is 3.42. The molecular formula is C14H20N2O4S. The number of hydrogen-bond acceptors (Lipinski definition) is 4. The Bertz CT molecular complexity index is 642. The molecule has 1 saturated heterocycles. The van der Waals surface area contributed by atoms with E-state index in [9.17, 15) is 13.2 Å². The highest BCUT2D eigenvalue weighted by Crippen LogP contribution is 2.18. The third-order valence-corrected chi connectivity index (χ3v) is 4.96. The number of rotatable bonds is 3. The molecule has 7 heteroatoms. The van der Waals surface area contributed by atoms with Gasteiger partial charge in [0.25, 0.3) is 5.91 Å². The second-order valence-electron chi connectivity index (χ2n) is 5.12. The topological polar surface area (TPSA) is 75.7 Å². The largest absolute Gasteiger partial charge is 0.375 e. The predicted octanol–water partition coefficient (Wildman–Crippen LogP) is 0.764. The van der Waals surface area contributed by atoms with Crippen LogP contribution in [0.5, 0.6) is 0 Å². The van der Waals surface area contributed by atoms with E-state index in [0.29, 0.717) is 25.3 Å². The van der Waals surface area contributed by atoms with E-state index in [1.807, 2.05) is 6.92 Å². The number of aryl methyl sites for hydroxylation is 1. The van der Waals surface area contributed by atoms with E-state index in [4.69, 9.17) is 4.74 Å². The smallest absolute Gasteiger partial charge is 0.254 e. The Kier molecular flexibility index (Phi) is 4.65. The number of morpholine rings is 1. The van der Waals surface area contributed by atoms with Crippen LogP contribution < -0.4 is 4.72 Å². The lowest BCUT2D eigenvalue weighted by molar-refractivity contribution is -0.0124. The Morgan fingerprint density at radius 3 is 2.76 bits per heavy atom. The van der Waals surface area contributed by atoms with Crippen LogP contribution in [0, 0.1) is 6.92 Å². The van der Waals surface area contributed by atoms with Gasteiger partial charge >= 0.3 is 0 Å². The van der Waals surface area contributed by atoms with Crippen molar-refractivity contribution >= 4 is 15.9 Å². The number of carbonyl (C=O) groups is 1. The van der Waals surface area contributed by atoms with Crippen LogP contribution in [0.1, 0.15) is 22.8 Å². The van der Waals surface area contributed by atoms with Crippen LogP contribution in [0.2, 0.25) is 0 Å². The molecule has 1 heterocycles. The number of carbonyl (C=O) groups excluding carboxylic acids is 1. The molecule has 0 spiro atoms. The Morgan fingerprint density at radius 2 is 2.14 bits per heavy atom. The lowest BCUT2D eigenvalue weighted by Crippen LogP contribution is -2.44. The van der Waals surface area contributed by atoms with Crippen molar-refractivity contribution in [2.45, 2.75) is 24.8 Å². The summed E-state index contributed by atoms with van der Waals surface area (Å²) in [5.74, 6) is -0.157. The maximum Gasteiger partial charge on any atom is 0.254 e. The van der Waals surface area contributed by atoms with E-state index < -0.39 is 10.0 Å². The van der Waals surface area contributed by atoms with Crippen LogP contribution in [-0.4, -0.2) is 52.1 Å². The van der Waals surface area contributed by atoms with Crippen LogP contribution in [0.15, 0.2) is 23.1 Å². The van der Waals surface area contributed by atoms with Crippen molar-refractivity contribution in [1.82, 2.24) is 9.62 Å². The van der Waals surface area contributed by atoms with Gasteiger partial charge in [0.1, 0.15) is 0 Å². The molecule has 1 aliphatic heterocycles. The normalized spacial score (nSPS) is 19.6. The first-order valence-corrected chi connectivity index (χ1v) is 8.28. The first-order chi connectivity index (χ1) is 9.85. The van der Waals surface area contributed by atoms with Crippen LogP contribution >= 0.6 is 0 Å². The quantitative estimate of drug-likeness (QED) is 0.894. The van der Waals surface area contributed by atoms with Crippen LogP contribution in [0.25, 0.3) is 0 Å². The molecule has 1 aromatic carbocycles.